The van der Waals surface area contributed by atoms with Gasteiger partial charge in [-0.05, 0) is 54.8 Å². The first kappa shape index (κ1) is 26.8. The van der Waals surface area contributed by atoms with Crippen LogP contribution < -0.4 is 5.32 Å². The van der Waals surface area contributed by atoms with Crippen LogP contribution in [0.5, 0.6) is 0 Å². The topological polar surface area (TPSA) is 49.4 Å². The molecule has 0 aromatic heterocycles. The van der Waals surface area contributed by atoms with E-state index in [1.54, 1.807) is 34.9 Å². The Hall–Kier alpha value is -1.40. The Kier molecular flexibility index (Phi) is 11.7. The first-order chi connectivity index (χ1) is 15.3. The third-order valence-corrected chi connectivity index (χ3v) is 6.82. The second kappa shape index (κ2) is 14.0. The Morgan fingerprint density at radius 3 is 2.34 bits per heavy atom. The molecule has 174 valence electrons. The molecule has 8 heteroatoms. The number of hydrogen-bond acceptors (Lipinski definition) is 3. The molecule has 32 heavy (non-hydrogen) atoms. The van der Waals surface area contributed by atoms with Crippen molar-refractivity contribution in [1.29, 1.82) is 0 Å². The van der Waals surface area contributed by atoms with Gasteiger partial charge >= 0.3 is 0 Å². The summed E-state index contributed by atoms with van der Waals surface area (Å²) >= 11 is 19.9. The van der Waals surface area contributed by atoms with Gasteiger partial charge in [0.15, 0.2) is 0 Å². The Morgan fingerprint density at radius 2 is 1.72 bits per heavy atom. The van der Waals surface area contributed by atoms with Crippen molar-refractivity contribution in [3.05, 3.63) is 63.1 Å². The molecule has 0 heterocycles. The van der Waals surface area contributed by atoms with E-state index in [0.717, 1.165) is 23.3 Å². The number of benzene rings is 2. The SMILES string of the molecule is CCCCNC(=O)[C@@H](CC)N(Cc1ccc(Cl)cc1Cl)C(=O)CCSc1ccc(Cl)cc1. The van der Waals surface area contributed by atoms with E-state index in [-0.39, 0.29) is 18.4 Å². The molecule has 0 saturated heterocycles. The average Bonchev–Trinajstić information content (AvgIpc) is 2.76. The number of amides is 2. The van der Waals surface area contributed by atoms with Crippen LogP contribution in [0.15, 0.2) is 47.4 Å². The fourth-order valence-corrected chi connectivity index (χ4v) is 4.62. The summed E-state index contributed by atoms with van der Waals surface area (Å²) in [5, 5.41) is 4.65. The Labute approximate surface area is 210 Å². The van der Waals surface area contributed by atoms with E-state index in [9.17, 15) is 9.59 Å². The fourth-order valence-electron chi connectivity index (χ4n) is 3.19. The molecule has 1 N–H and O–H groups in total. The molecular weight excluding hydrogens is 487 g/mol. The van der Waals surface area contributed by atoms with Crippen molar-refractivity contribution >= 4 is 58.4 Å². The number of hydrogen-bond donors (Lipinski definition) is 1. The maximum atomic E-state index is 13.2. The number of nitrogens with zero attached hydrogens (tertiary/aromatic N) is 1. The highest BCUT2D eigenvalue weighted by molar-refractivity contribution is 7.99. The van der Waals surface area contributed by atoms with Crippen LogP contribution in [0.25, 0.3) is 0 Å². The minimum atomic E-state index is -0.563. The van der Waals surface area contributed by atoms with E-state index in [1.807, 2.05) is 31.2 Å². The van der Waals surface area contributed by atoms with Crippen LogP contribution in [-0.4, -0.2) is 35.1 Å². The highest BCUT2D eigenvalue weighted by Crippen LogP contribution is 2.25. The summed E-state index contributed by atoms with van der Waals surface area (Å²) < 4.78 is 0. The van der Waals surface area contributed by atoms with Crippen molar-refractivity contribution in [2.75, 3.05) is 12.3 Å². The van der Waals surface area contributed by atoms with Gasteiger partial charge in [-0.3, -0.25) is 9.59 Å². The van der Waals surface area contributed by atoms with Gasteiger partial charge in [0.05, 0.1) is 0 Å². The molecule has 2 rings (SSSR count). The Balaban J connectivity index is 2.14. The summed E-state index contributed by atoms with van der Waals surface area (Å²) in [6.45, 7) is 4.83. The van der Waals surface area contributed by atoms with Crippen LogP contribution in [-0.2, 0) is 16.1 Å². The summed E-state index contributed by atoms with van der Waals surface area (Å²) in [4.78, 5) is 28.8. The van der Waals surface area contributed by atoms with Gasteiger partial charge < -0.3 is 10.2 Å². The summed E-state index contributed by atoms with van der Waals surface area (Å²) in [6.07, 6.45) is 2.70. The molecule has 2 amide bonds. The van der Waals surface area contributed by atoms with Gasteiger partial charge in [0, 0.05) is 45.2 Å². The molecule has 0 saturated carbocycles. The number of unbranched alkanes of at least 4 members (excludes halogenated alkanes) is 1. The number of carbonyl (C=O) groups excluding carboxylic acids is 2. The zero-order chi connectivity index (χ0) is 23.5. The number of halogens is 3. The number of rotatable bonds is 12. The van der Waals surface area contributed by atoms with Crippen molar-refractivity contribution in [2.45, 2.75) is 57.0 Å². The first-order valence-corrected chi connectivity index (χ1v) is 12.9. The molecule has 0 aliphatic carbocycles. The van der Waals surface area contributed by atoms with Crippen molar-refractivity contribution < 1.29 is 9.59 Å². The smallest absolute Gasteiger partial charge is 0.242 e. The van der Waals surface area contributed by atoms with Crippen molar-refractivity contribution in [3.8, 4) is 0 Å². The maximum absolute atomic E-state index is 13.2. The van der Waals surface area contributed by atoms with Gasteiger partial charge in [-0.15, -0.1) is 11.8 Å². The predicted octanol–water partition coefficient (Wildman–Crippen LogP) is 6.85. The monoisotopic (exact) mass is 514 g/mol. The van der Waals surface area contributed by atoms with Crippen LogP contribution in [0.4, 0.5) is 0 Å². The van der Waals surface area contributed by atoms with E-state index in [1.165, 1.54) is 0 Å². The number of thioether (sulfide) groups is 1. The van der Waals surface area contributed by atoms with Gasteiger partial charge in [-0.2, -0.15) is 0 Å². The summed E-state index contributed by atoms with van der Waals surface area (Å²) in [5.41, 5.74) is 0.759. The lowest BCUT2D eigenvalue weighted by Crippen LogP contribution is -2.49. The summed E-state index contributed by atoms with van der Waals surface area (Å²) in [7, 11) is 0. The van der Waals surface area contributed by atoms with Crippen LogP contribution in [0.1, 0.15) is 45.1 Å². The fraction of sp³-hybridized carbons (Fsp3) is 0.417. The van der Waals surface area contributed by atoms with E-state index < -0.39 is 6.04 Å². The van der Waals surface area contributed by atoms with Gasteiger partial charge in [0.2, 0.25) is 11.8 Å². The minimum Gasteiger partial charge on any atom is -0.354 e. The number of carbonyl (C=O) groups is 2. The van der Waals surface area contributed by atoms with E-state index in [0.29, 0.717) is 40.2 Å². The van der Waals surface area contributed by atoms with Gasteiger partial charge in [0.25, 0.3) is 0 Å². The van der Waals surface area contributed by atoms with Gasteiger partial charge in [-0.25, -0.2) is 0 Å². The van der Waals surface area contributed by atoms with Gasteiger partial charge in [0.1, 0.15) is 6.04 Å². The molecule has 0 fully saturated rings. The molecule has 2 aromatic rings. The second-order valence-electron chi connectivity index (χ2n) is 7.38. The largest absolute Gasteiger partial charge is 0.354 e. The molecule has 4 nitrogen and oxygen atoms in total. The van der Waals surface area contributed by atoms with E-state index in [2.05, 4.69) is 12.2 Å². The third kappa shape index (κ3) is 8.51. The minimum absolute atomic E-state index is 0.0880. The predicted molar refractivity (Wildman–Crippen MR) is 136 cm³/mol. The molecular formula is C24H29Cl3N2O2S. The quantitative estimate of drug-likeness (QED) is 0.248. The summed E-state index contributed by atoms with van der Waals surface area (Å²) in [6, 6.07) is 12.1. The molecule has 1 atom stereocenters. The summed E-state index contributed by atoms with van der Waals surface area (Å²) in [5.74, 6) is 0.374. The highest BCUT2D eigenvalue weighted by atomic mass is 35.5. The lowest BCUT2D eigenvalue weighted by atomic mass is 10.1. The molecule has 0 aliphatic rings. The highest BCUT2D eigenvalue weighted by Gasteiger charge is 2.28. The first-order valence-electron chi connectivity index (χ1n) is 10.7. The molecule has 0 spiro atoms. The normalized spacial score (nSPS) is 11.8. The third-order valence-electron chi connectivity index (χ3n) is 4.97. The van der Waals surface area contributed by atoms with Crippen molar-refractivity contribution in [3.63, 3.8) is 0 Å². The number of nitrogens with one attached hydrogen (secondary N) is 1. The standard InChI is InChI=1S/C24H29Cl3N2O2S/c1-3-5-13-28-24(31)22(4-2)29(16-17-6-7-19(26)15-21(17)27)23(30)12-14-32-20-10-8-18(25)9-11-20/h6-11,15,22H,3-5,12-14,16H2,1-2H3,(H,28,31)/t22-/m1/s1. The molecule has 0 aliphatic heterocycles. The molecule has 0 unspecified atom stereocenters. The van der Waals surface area contributed by atoms with Crippen LogP contribution in [0.2, 0.25) is 15.1 Å². The van der Waals surface area contributed by atoms with Crippen molar-refractivity contribution in [2.24, 2.45) is 0 Å². The lowest BCUT2D eigenvalue weighted by molar-refractivity contribution is -0.141. The molecule has 0 bridgehead atoms. The lowest BCUT2D eigenvalue weighted by Gasteiger charge is -2.31. The maximum Gasteiger partial charge on any atom is 0.242 e. The average molecular weight is 516 g/mol. The van der Waals surface area contributed by atoms with E-state index >= 15 is 0 Å². The van der Waals surface area contributed by atoms with Crippen molar-refractivity contribution in [1.82, 2.24) is 10.2 Å². The van der Waals surface area contributed by atoms with Gasteiger partial charge in [-0.1, -0.05) is 61.1 Å². The van der Waals surface area contributed by atoms with Crippen LogP contribution >= 0.6 is 46.6 Å². The van der Waals surface area contributed by atoms with E-state index in [4.69, 9.17) is 34.8 Å². The zero-order valence-electron chi connectivity index (χ0n) is 18.4. The van der Waals surface area contributed by atoms with Crippen LogP contribution in [0.3, 0.4) is 0 Å². The zero-order valence-corrected chi connectivity index (χ0v) is 21.5. The molecule has 2 aromatic carbocycles. The van der Waals surface area contributed by atoms with Crippen LogP contribution in [0, 0.1) is 0 Å². The Bertz CT molecular complexity index is 893. The molecule has 0 radical (unpaired) electrons. The Morgan fingerprint density at radius 1 is 1.03 bits per heavy atom. The second-order valence-corrected chi connectivity index (χ2v) is 9.83.